The van der Waals surface area contributed by atoms with Crippen molar-refractivity contribution in [3.8, 4) is 0 Å². The third-order valence-electron chi connectivity index (χ3n) is 2.80. The molecular weight excluding hydrogens is 229 g/mol. The normalized spacial score (nSPS) is 14.2. The third-order valence-corrected chi connectivity index (χ3v) is 2.80. The van der Waals surface area contributed by atoms with E-state index in [1.807, 2.05) is 32.2 Å². The molecule has 0 heterocycles. The molecule has 1 rings (SSSR count). The van der Waals surface area contributed by atoms with Gasteiger partial charge in [0.2, 0.25) is 0 Å². The molecule has 1 N–H and O–H groups in total. The van der Waals surface area contributed by atoms with Crippen molar-refractivity contribution in [2.45, 2.75) is 32.7 Å². The van der Waals surface area contributed by atoms with E-state index in [2.05, 4.69) is 18.0 Å². The third kappa shape index (κ3) is 4.24. The standard InChI is InChI=1S/C15H22FNO/c1-5-13-8-14(6-7-15(13)9-17-4)12(3)18-10-11(2)16/h5-8,11-12,17H,1,9-10H2,2-4H3. The number of benzene rings is 1. The van der Waals surface area contributed by atoms with Crippen LogP contribution in [0.3, 0.4) is 0 Å². The van der Waals surface area contributed by atoms with Gasteiger partial charge in [0.25, 0.3) is 0 Å². The molecule has 1 aromatic carbocycles. The molecule has 0 saturated carbocycles. The fraction of sp³-hybridized carbons (Fsp3) is 0.467. The minimum absolute atomic E-state index is 0.106. The Bertz CT molecular complexity index is 390. The molecule has 0 saturated heterocycles. The molecule has 0 bridgehead atoms. The number of hydrogen-bond donors (Lipinski definition) is 1. The Balaban J connectivity index is 2.80. The first kappa shape index (κ1) is 14.9. The molecule has 0 amide bonds. The quantitative estimate of drug-likeness (QED) is 0.801. The summed E-state index contributed by atoms with van der Waals surface area (Å²) in [5, 5.41) is 3.12. The average Bonchev–Trinajstić information content (AvgIpc) is 2.36. The lowest BCUT2D eigenvalue weighted by Gasteiger charge is -2.16. The summed E-state index contributed by atoms with van der Waals surface area (Å²) in [7, 11) is 1.91. The average molecular weight is 251 g/mol. The summed E-state index contributed by atoms with van der Waals surface area (Å²) in [5.41, 5.74) is 3.33. The lowest BCUT2D eigenvalue weighted by molar-refractivity contribution is 0.0326. The van der Waals surface area contributed by atoms with E-state index < -0.39 is 6.17 Å². The molecule has 18 heavy (non-hydrogen) atoms. The van der Waals surface area contributed by atoms with Crippen molar-refractivity contribution in [3.63, 3.8) is 0 Å². The Morgan fingerprint density at radius 2 is 2.17 bits per heavy atom. The van der Waals surface area contributed by atoms with Gasteiger partial charge in [-0.3, -0.25) is 0 Å². The van der Waals surface area contributed by atoms with Gasteiger partial charge in [-0.05, 0) is 43.7 Å². The highest BCUT2D eigenvalue weighted by molar-refractivity contribution is 5.53. The van der Waals surface area contributed by atoms with E-state index in [0.717, 1.165) is 17.7 Å². The van der Waals surface area contributed by atoms with Gasteiger partial charge in [0.05, 0.1) is 12.7 Å². The molecule has 0 radical (unpaired) electrons. The smallest absolute Gasteiger partial charge is 0.121 e. The summed E-state index contributed by atoms with van der Waals surface area (Å²) in [6.45, 7) is 8.18. The first-order valence-electron chi connectivity index (χ1n) is 6.24. The van der Waals surface area contributed by atoms with Crippen LogP contribution in [0, 0.1) is 0 Å². The van der Waals surface area contributed by atoms with E-state index in [0.29, 0.717) is 0 Å². The largest absolute Gasteiger partial charge is 0.371 e. The minimum atomic E-state index is -0.935. The van der Waals surface area contributed by atoms with Gasteiger partial charge in [0.1, 0.15) is 6.17 Å². The number of alkyl halides is 1. The van der Waals surface area contributed by atoms with Crippen LogP contribution in [0.4, 0.5) is 4.39 Å². The van der Waals surface area contributed by atoms with E-state index in [-0.39, 0.29) is 12.7 Å². The van der Waals surface area contributed by atoms with Crippen LogP contribution in [0.5, 0.6) is 0 Å². The summed E-state index contributed by atoms with van der Waals surface area (Å²) < 4.78 is 18.2. The van der Waals surface area contributed by atoms with Crippen molar-refractivity contribution in [3.05, 3.63) is 41.5 Å². The molecule has 100 valence electrons. The van der Waals surface area contributed by atoms with Crippen LogP contribution in [0.25, 0.3) is 6.08 Å². The summed E-state index contributed by atoms with van der Waals surface area (Å²) in [6, 6.07) is 6.13. The zero-order valence-electron chi connectivity index (χ0n) is 11.4. The fourth-order valence-electron chi connectivity index (χ4n) is 1.78. The van der Waals surface area contributed by atoms with Gasteiger partial charge in [0.15, 0.2) is 0 Å². The Hall–Kier alpha value is -1.19. The second-order valence-corrected chi connectivity index (χ2v) is 4.45. The molecule has 0 spiro atoms. The number of halogens is 1. The van der Waals surface area contributed by atoms with Gasteiger partial charge >= 0.3 is 0 Å². The zero-order chi connectivity index (χ0) is 13.5. The maximum absolute atomic E-state index is 12.7. The highest BCUT2D eigenvalue weighted by atomic mass is 19.1. The highest BCUT2D eigenvalue weighted by Gasteiger charge is 2.09. The Kier molecular flexibility index (Phi) is 6.02. The Morgan fingerprint density at radius 3 is 2.72 bits per heavy atom. The van der Waals surface area contributed by atoms with Crippen molar-refractivity contribution < 1.29 is 9.13 Å². The number of hydrogen-bond acceptors (Lipinski definition) is 2. The van der Waals surface area contributed by atoms with Gasteiger partial charge in [-0.2, -0.15) is 0 Å². The SMILES string of the molecule is C=Cc1cc(C(C)OCC(C)F)ccc1CNC. The molecule has 0 aromatic heterocycles. The molecule has 1 aromatic rings. The Morgan fingerprint density at radius 1 is 1.44 bits per heavy atom. The van der Waals surface area contributed by atoms with Gasteiger partial charge in [-0.15, -0.1) is 0 Å². The molecule has 2 nitrogen and oxygen atoms in total. The van der Waals surface area contributed by atoms with Crippen molar-refractivity contribution in [1.29, 1.82) is 0 Å². The van der Waals surface area contributed by atoms with E-state index in [4.69, 9.17) is 4.74 Å². The van der Waals surface area contributed by atoms with Gasteiger partial charge < -0.3 is 10.1 Å². The van der Waals surface area contributed by atoms with Crippen LogP contribution in [-0.2, 0) is 11.3 Å². The molecule has 0 aliphatic heterocycles. The van der Waals surface area contributed by atoms with Crippen LogP contribution in [0.2, 0.25) is 0 Å². The monoisotopic (exact) mass is 251 g/mol. The minimum Gasteiger partial charge on any atom is -0.371 e. The predicted molar refractivity (Wildman–Crippen MR) is 74.2 cm³/mol. The van der Waals surface area contributed by atoms with Crippen LogP contribution < -0.4 is 5.32 Å². The van der Waals surface area contributed by atoms with Crippen LogP contribution >= 0.6 is 0 Å². The molecular formula is C15H22FNO. The lowest BCUT2D eigenvalue weighted by Crippen LogP contribution is -2.10. The van der Waals surface area contributed by atoms with Crippen LogP contribution in [0.15, 0.2) is 24.8 Å². The number of nitrogens with one attached hydrogen (secondary N) is 1. The second-order valence-electron chi connectivity index (χ2n) is 4.45. The summed E-state index contributed by atoms with van der Waals surface area (Å²) in [5.74, 6) is 0. The summed E-state index contributed by atoms with van der Waals surface area (Å²) in [4.78, 5) is 0. The topological polar surface area (TPSA) is 21.3 Å². The van der Waals surface area contributed by atoms with Crippen molar-refractivity contribution >= 4 is 6.08 Å². The summed E-state index contributed by atoms with van der Waals surface area (Å²) in [6.07, 6.45) is 0.793. The molecule has 3 heteroatoms. The first-order chi connectivity index (χ1) is 8.58. The molecule has 0 aliphatic rings. The van der Waals surface area contributed by atoms with Crippen LogP contribution in [-0.4, -0.2) is 19.8 Å². The lowest BCUT2D eigenvalue weighted by atomic mass is 10.0. The maximum atomic E-state index is 12.7. The predicted octanol–water partition coefficient (Wildman–Crippen LogP) is 3.48. The number of rotatable bonds is 7. The molecule has 0 fully saturated rings. The molecule has 0 aliphatic carbocycles. The summed E-state index contributed by atoms with van der Waals surface area (Å²) >= 11 is 0. The van der Waals surface area contributed by atoms with Gasteiger partial charge in [-0.1, -0.05) is 24.8 Å². The molecule has 2 atom stereocenters. The fourth-order valence-corrected chi connectivity index (χ4v) is 1.78. The first-order valence-corrected chi connectivity index (χ1v) is 6.24. The molecule has 2 unspecified atom stereocenters. The van der Waals surface area contributed by atoms with E-state index in [1.54, 1.807) is 0 Å². The number of ether oxygens (including phenoxy) is 1. The van der Waals surface area contributed by atoms with Gasteiger partial charge in [0, 0.05) is 6.54 Å². The highest BCUT2D eigenvalue weighted by Crippen LogP contribution is 2.21. The second kappa shape index (κ2) is 7.29. The maximum Gasteiger partial charge on any atom is 0.121 e. The van der Waals surface area contributed by atoms with Crippen molar-refractivity contribution in [2.75, 3.05) is 13.7 Å². The zero-order valence-corrected chi connectivity index (χ0v) is 11.4. The van der Waals surface area contributed by atoms with Gasteiger partial charge in [-0.25, -0.2) is 4.39 Å². The van der Waals surface area contributed by atoms with Crippen molar-refractivity contribution in [2.24, 2.45) is 0 Å². The van der Waals surface area contributed by atoms with E-state index >= 15 is 0 Å². The van der Waals surface area contributed by atoms with Crippen molar-refractivity contribution in [1.82, 2.24) is 5.32 Å². The van der Waals surface area contributed by atoms with E-state index in [9.17, 15) is 4.39 Å². The van der Waals surface area contributed by atoms with Crippen LogP contribution in [0.1, 0.15) is 36.6 Å². The Labute approximate surface area is 109 Å². The van der Waals surface area contributed by atoms with E-state index in [1.165, 1.54) is 12.5 Å².